The number of anilines is 3. The van der Waals surface area contributed by atoms with Crippen LogP contribution in [-0.2, 0) is 0 Å². The highest BCUT2D eigenvalue weighted by atomic mass is 16.3. The van der Waals surface area contributed by atoms with Gasteiger partial charge in [0.15, 0.2) is 0 Å². The van der Waals surface area contributed by atoms with Gasteiger partial charge in [-0.3, -0.25) is 0 Å². The third-order valence-corrected chi connectivity index (χ3v) is 11.2. The normalized spacial score (nSPS) is 11.6. The number of benzene rings is 10. The van der Waals surface area contributed by atoms with Gasteiger partial charge in [-0.25, -0.2) is 0 Å². The smallest absolute Gasteiger partial charge is 0.143 e. The maximum atomic E-state index is 6.61. The molecule has 0 unspecified atom stereocenters. The fourth-order valence-electron chi connectivity index (χ4n) is 8.56. The molecule has 0 bridgehead atoms. The molecule has 1 heterocycles. The molecule has 0 amide bonds. The monoisotopic (exact) mass is 713 g/mol. The van der Waals surface area contributed by atoms with Gasteiger partial charge >= 0.3 is 0 Å². The number of furan rings is 1. The zero-order valence-electron chi connectivity index (χ0n) is 30.6. The maximum absolute atomic E-state index is 6.61. The molecule has 2 heteroatoms. The van der Waals surface area contributed by atoms with Gasteiger partial charge in [0.1, 0.15) is 11.2 Å². The van der Waals surface area contributed by atoms with E-state index in [0.29, 0.717) is 0 Å². The third-order valence-electron chi connectivity index (χ3n) is 11.2. The number of hydrogen-bond donors (Lipinski definition) is 0. The fraction of sp³-hybridized carbons (Fsp3) is 0. The summed E-state index contributed by atoms with van der Waals surface area (Å²) < 4.78 is 6.61. The highest BCUT2D eigenvalue weighted by Crippen LogP contribution is 2.43. The first-order valence-electron chi connectivity index (χ1n) is 19.2. The first-order chi connectivity index (χ1) is 27.8. The predicted octanol–water partition coefficient (Wildman–Crippen LogP) is 15.5. The first-order valence-corrected chi connectivity index (χ1v) is 19.2. The molecule has 0 radical (unpaired) electrons. The molecule has 56 heavy (non-hydrogen) atoms. The largest absolute Gasteiger partial charge is 0.455 e. The lowest BCUT2D eigenvalue weighted by Gasteiger charge is -2.26. The van der Waals surface area contributed by atoms with Crippen molar-refractivity contribution >= 4 is 71.3 Å². The van der Waals surface area contributed by atoms with Crippen LogP contribution in [0.1, 0.15) is 0 Å². The lowest BCUT2D eigenvalue weighted by Crippen LogP contribution is -2.10. The van der Waals surface area contributed by atoms with Crippen LogP contribution in [0.4, 0.5) is 17.1 Å². The van der Waals surface area contributed by atoms with Crippen molar-refractivity contribution in [2.75, 3.05) is 4.90 Å². The standard InChI is InChI=1S/C54H35NO/c1-2-13-36(14-3-1)39-17-12-18-44(33-39)55(42-29-25-37(26-30-42)50-34-40-15-4-6-19-45(40)47-21-8-9-22-48(47)50)43-31-27-38(28-32-43)51-35-41-16-5-7-20-46(41)53-49-23-10-11-24-52(49)56-54(51)53/h1-35H. The lowest BCUT2D eigenvalue weighted by atomic mass is 9.93. The molecule has 0 saturated heterocycles. The van der Waals surface area contributed by atoms with Crippen molar-refractivity contribution in [1.29, 1.82) is 0 Å². The maximum Gasteiger partial charge on any atom is 0.143 e. The van der Waals surface area contributed by atoms with Crippen LogP contribution in [0.15, 0.2) is 217 Å². The van der Waals surface area contributed by atoms with E-state index >= 15 is 0 Å². The Balaban J connectivity index is 1.05. The minimum absolute atomic E-state index is 0.904. The van der Waals surface area contributed by atoms with Crippen molar-refractivity contribution in [3.63, 3.8) is 0 Å². The number of rotatable bonds is 6. The summed E-state index contributed by atoms with van der Waals surface area (Å²) in [6, 6.07) is 76.4. The van der Waals surface area contributed by atoms with Gasteiger partial charge in [0.25, 0.3) is 0 Å². The average Bonchev–Trinajstić information content (AvgIpc) is 3.67. The Morgan fingerprint density at radius 3 is 1.57 bits per heavy atom. The number of hydrogen-bond acceptors (Lipinski definition) is 2. The Morgan fingerprint density at radius 2 is 0.839 bits per heavy atom. The molecule has 10 aromatic carbocycles. The van der Waals surface area contributed by atoms with Gasteiger partial charge in [-0.2, -0.15) is 0 Å². The van der Waals surface area contributed by atoms with Crippen LogP contribution in [-0.4, -0.2) is 0 Å². The van der Waals surface area contributed by atoms with Crippen LogP contribution in [0.25, 0.3) is 87.6 Å². The molecule has 0 spiro atoms. The summed E-state index contributed by atoms with van der Waals surface area (Å²) >= 11 is 0. The second kappa shape index (κ2) is 13.2. The van der Waals surface area contributed by atoms with Crippen molar-refractivity contribution in [3.05, 3.63) is 212 Å². The van der Waals surface area contributed by atoms with E-state index in [1.807, 2.05) is 6.07 Å². The van der Waals surface area contributed by atoms with E-state index in [-0.39, 0.29) is 0 Å². The van der Waals surface area contributed by atoms with E-state index in [0.717, 1.165) is 50.1 Å². The summed E-state index contributed by atoms with van der Waals surface area (Å²) in [5.74, 6) is 0. The van der Waals surface area contributed by atoms with Crippen LogP contribution in [0.3, 0.4) is 0 Å². The molecule has 0 aliphatic carbocycles. The van der Waals surface area contributed by atoms with Crippen molar-refractivity contribution in [3.8, 4) is 33.4 Å². The molecule has 262 valence electrons. The molecule has 0 saturated carbocycles. The summed E-state index contributed by atoms with van der Waals surface area (Å²) in [5.41, 5.74) is 12.1. The van der Waals surface area contributed by atoms with Crippen molar-refractivity contribution < 1.29 is 4.42 Å². The molecule has 11 aromatic rings. The minimum Gasteiger partial charge on any atom is -0.455 e. The molecular weight excluding hydrogens is 679 g/mol. The van der Waals surface area contributed by atoms with Crippen molar-refractivity contribution in [2.24, 2.45) is 0 Å². The molecule has 0 atom stereocenters. The van der Waals surface area contributed by atoms with Gasteiger partial charge in [-0.15, -0.1) is 0 Å². The SMILES string of the molecule is c1ccc(-c2cccc(N(c3ccc(-c4cc5ccccc5c5ccccc45)cc3)c3ccc(-c4cc5ccccc5c5c4oc4ccccc45)cc3)c2)cc1. The fourth-order valence-corrected chi connectivity index (χ4v) is 8.56. The Labute approximate surface area is 325 Å². The quantitative estimate of drug-likeness (QED) is 0.160. The number of fused-ring (bicyclic) bond motifs is 8. The second-order valence-corrected chi connectivity index (χ2v) is 14.5. The Hall–Kier alpha value is -7.42. The molecule has 0 N–H and O–H groups in total. The highest BCUT2D eigenvalue weighted by Gasteiger charge is 2.19. The molecule has 0 aliphatic rings. The highest BCUT2D eigenvalue weighted by molar-refractivity contribution is 6.22. The van der Waals surface area contributed by atoms with Crippen LogP contribution >= 0.6 is 0 Å². The first kappa shape index (κ1) is 32.0. The van der Waals surface area contributed by atoms with Crippen LogP contribution in [0.5, 0.6) is 0 Å². The average molecular weight is 714 g/mol. The predicted molar refractivity (Wildman–Crippen MR) is 237 cm³/mol. The zero-order chi connectivity index (χ0) is 37.0. The second-order valence-electron chi connectivity index (χ2n) is 14.5. The minimum atomic E-state index is 0.904. The number of para-hydroxylation sites is 1. The Bertz CT molecular complexity index is 3230. The van der Waals surface area contributed by atoms with Gasteiger partial charge in [0.05, 0.1) is 0 Å². The van der Waals surface area contributed by atoms with Gasteiger partial charge < -0.3 is 9.32 Å². The van der Waals surface area contributed by atoms with Crippen LogP contribution in [0.2, 0.25) is 0 Å². The molecule has 0 fully saturated rings. The van der Waals surface area contributed by atoms with Gasteiger partial charge in [0.2, 0.25) is 0 Å². The Kier molecular flexibility index (Phi) is 7.53. The van der Waals surface area contributed by atoms with E-state index in [1.165, 1.54) is 54.6 Å². The molecule has 2 nitrogen and oxygen atoms in total. The van der Waals surface area contributed by atoms with E-state index in [4.69, 9.17) is 4.42 Å². The summed E-state index contributed by atoms with van der Waals surface area (Å²) in [5, 5.41) is 9.77. The van der Waals surface area contributed by atoms with Gasteiger partial charge in [0, 0.05) is 33.4 Å². The van der Waals surface area contributed by atoms with Crippen LogP contribution < -0.4 is 4.90 Å². The van der Waals surface area contributed by atoms with Gasteiger partial charge in [-0.1, -0.05) is 158 Å². The van der Waals surface area contributed by atoms with Crippen LogP contribution in [0, 0.1) is 0 Å². The molecule has 11 rings (SSSR count). The topological polar surface area (TPSA) is 16.4 Å². The molecular formula is C54H35NO. The molecule has 1 aromatic heterocycles. The third kappa shape index (κ3) is 5.34. The van der Waals surface area contributed by atoms with E-state index < -0.39 is 0 Å². The number of nitrogens with zero attached hydrogens (tertiary/aromatic N) is 1. The van der Waals surface area contributed by atoms with E-state index in [2.05, 4.69) is 211 Å². The van der Waals surface area contributed by atoms with Crippen molar-refractivity contribution in [1.82, 2.24) is 0 Å². The van der Waals surface area contributed by atoms with Crippen molar-refractivity contribution in [2.45, 2.75) is 0 Å². The Morgan fingerprint density at radius 1 is 0.304 bits per heavy atom. The molecule has 0 aliphatic heterocycles. The zero-order valence-corrected chi connectivity index (χ0v) is 30.6. The van der Waals surface area contributed by atoms with E-state index in [1.54, 1.807) is 0 Å². The van der Waals surface area contributed by atoms with E-state index in [9.17, 15) is 0 Å². The summed E-state index contributed by atoms with van der Waals surface area (Å²) in [7, 11) is 0. The summed E-state index contributed by atoms with van der Waals surface area (Å²) in [6.07, 6.45) is 0. The lowest BCUT2D eigenvalue weighted by molar-refractivity contribution is 0.670. The van der Waals surface area contributed by atoms with Gasteiger partial charge in [-0.05, 0) is 115 Å². The summed E-state index contributed by atoms with van der Waals surface area (Å²) in [6.45, 7) is 0. The summed E-state index contributed by atoms with van der Waals surface area (Å²) in [4.78, 5) is 2.36.